The maximum Gasteiger partial charge on any atom is 0.325 e. The summed E-state index contributed by atoms with van der Waals surface area (Å²) in [5, 5.41) is 3.00. The zero-order valence-electron chi connectivity index (χ0n) is 16.6. The van der Waals surface area contributed by atoms with Crippen molar-refractivity contribution < 1.29 is 9.59 Å². The Labute approximate surface area is 166 Å². The zero-order valence-corrected chi connectivity index (χ0v) is 16.6. The van der Waals surface area contributed by atoms with Crippen molar-refractivity contribution in [2.24, 2.45) is 0 Å². The number of hydrogen-bond acceptors (Lipinski definition) is 3. The van der Waals surface area contributed by atoms with E-state index in [2.05, 4.69) is 41.4 Å². The van der Waals surface area contributed by atoms with E-state index < -0.39 is 5.54 Å². The lowest BCUT2D eigenvalue weighted by Gasteiger charge is -2.37. The fourth-order valence-corrected chi connectivity index (χ4v) is 4.08. The number of amides is 3. The van der Waals surface area contributed by atoms with E-state index in [-0.39, 0.29) is 11.9 Å². The Kier molecular flexibility index (Phi) is 4.94. The van der Waals surface area contributed by atoms with Gasteiger partial charge in [-0.1, -0.05) is 59.7 Å². The molecule has 2 heterocycles. The second-order valence-corrected chi connectivity index (χ2v) is 8.15. The van der Waals surface area contributed by atoms with Gasteiger partial charge in [0.2, 0.25) is 0 Å². The molecule has 2 aliphatic rings. The molecule has 0 radical (unpaired) electrons. The zero-order chi connectivity index (χ0) is 19.7. The molecule has 4 rings (SSSR count). The first kappa shape index (κ1) is 18.7. The van der Waals surface area contributed by atoms with E-state index in [1.807, 2.05) is 31.2 Å². The molecule has 1 spiro atoms. The summed E-state index contributed by atoms with van der Waals surface area (Å²) >= 11 is 0. The molecule has 2 saturated heterocycles. The molecular weight excluding hydrogens is 350 g/mol. The van der Waals surface area contributed by atoms with Crippen LogP contribution in [0.25, 0.3) is 0 Å². The third kappa shape index (κ3) is 3.67. The van der Waals surface area contributed by atoms with Gasteiger partial charge in [0.25, 0.3) is 5.91 Å². The highest BCUT2D eigenvalue weighted by atomic mass is 16.2. The number of nitrogens with zero attached hydrogens (tertiary/aromatic N) is 2. The van der Waals surface area contributed by atoms with Gasteiger partial charge < -0.3 is 5.32 Å². The average molecular weight is 377 g/mol. The molecule has 146 valence electrons. The fraction of sp³-hybridized carbons (Fsp3) is 0.391. The molecule has 0 aliphatic carbocycles. The lowest BCUT2D eigenvalue weighted by molar-refractivity contribution is -0.133. The molecular formula is C23H27N3O2. The van der Waals surface area contributed by atoms with Crippen LogP contribution in [-0.4, -0.2) is 40.4 Å². The SMILES string of the molecule is Cc1ccc(CN2CCC3(CC2)NC(=O)N(Cc2ccc(C)cc2)C3=O)cc1. The van der Waals surface area contributed by atoms with Gasteiger partial charge in [0, 0.05) is 19.6 Å². The highest BCUT2D eigenvalue weighted by Gasteiger charge is 2.52. The average Bonchev–Trinajstić information content (AvgIpc) is 2.91. The molecule has 2 fully saturated rings. The first-order chi connectivity index (χ1) is 13.4. The minimum Gasteiger partial charge on any atom is -0.323 e. The number of carbonyl (C=O) groups is 2. The van der Waals surface area contributed by atoms with Crippen LogP contribution in [0.1, 0.15) is 35.1 Å². The molecule has 0 atom stereocenters. The summed E-state index contributed by atoms with van der Waals surface area (Å²) in [6, 6.07) is 16.3. The van der Waals surface area contributed by atoms with E-state index in [1.54, 1.807) is 0 Å². The summed E-state index contributed by atoms with van der Waals surface area (Å²) in [7, 11) is 0. The number of imide groups is 1. The lowest BCUT2D eigenvalue weighted by Crippen LogP contribution is -2.54. The van der Waals surface area contributed by atoms with Gasteiger partial charge in [-0.15, -0.1) is 0 Å². The van der Waals surface area contributed by atoms with Crippen LogP contribution in [-0.2, 0) is 17.9 Å². The van der Waals surface area contributed by atoms with Crippen molar-refractivity contribution in [3.05, 3.63) is 70.8 Å². The van der Waals surface area contributed by atoms with Crippen LogP contribution >= 0.6 is 0 Å². The van der Waals surface area contributed by atoms with E-state index in [1.165, 1.54) is 21.6 Å². The lowest BCUT2D eigenvalue weighted by atomic mass is 9.87. The smallest absolute Gasteiger partial charge is 0.323 e. The van der Waals surface area contributed by atoms with Crippen LogP contribution in [0, 0.1) is 13.8 Å². The number of carbonyl (C=O) groups excluding carboxylic acids is 2. The van der Waals surface area contributed by atoms with Gasteiger partial charge >= 0.3 is 6.03 Å². The topological polar surface area (TPSA) is 52.7 Å². The monoisotopic (exact) mass is 377 g/mol. The molecule has 2 aromatic rings. The van der Waals surface area contributed by atoms with Gasteiger partial charge in [0.05, 0.1) is 6.54 Å². The molecule has 28 heavy (non-hydrogen) atoms. The van der Waals surface area contributed by atoms with Crippen LogP contribution in [0.3, 0.4) is 0 Å². The third-order valence-electron chi connectivity index (χ3n) is 5.94. The van der Waals surface area contributed by atoms with E-state index in [4.69, 9.17) is 0 Å². The van der Waals surface area contributed by atoms with Gasteiger partial charge in [0.1, 0.15) is 5.54 Å². The first-order valence-corrected chi connectivity index (χ1v) is 9.93. The highest BCUT2D eigenvalue weighted by molar-refractivity contribution is 6.07. The molecule has 0 saturated carbocycles. The Morgan fingerprint density at radius 1 is 0.821 bits per heavy atom. The molecule has 1 N–H and O–H groups in total. The van der Waals surface area contributed by atoms with Crippen molar-refractivity contribution in [1.29, 1.82) is 0 Å². The Hall–Kier alpha value is -2.66. The molecule has 3 amide bonds. The number of likely N-dealkylation sites (tertiary alicyclic amines) is 1. The van der Waals surface area contributed by atoms with Crippen LogP contribution in [0.4, 0.5) is 4.79 Å². The standard InChI is InChI=1S/C23H27N3O2/c1-17-3-7-19(8-4-17)15-25-13-11-23(12-14-25)21(27)26(22(28)24-23)16-20-9-5-18(2)6-10-20/h3-10H,11-16H2,1-2H3,(H,24,28). The van der Waals surface area contributed by atoms with Crippen molar-refractivity contribution in [1.82, 2.24) is 15.1 Å². The summed E-state index contributed by atoms with van der Waals surface area (Å²) in [6.45, 7) is 6.93. The number of aryl methyl sites for hydroxylation is 2. The van der Waals surface area contributed by atoms with Crippen molar-refractivity contribution in [3.63, 3.8) is 0 Å². The Balaban J connectivity index is 1.39. The van der Waals surface area contributed by atoms with E-state index in [0.29, 0.717) is 19.4 Å². The summed E-state index contributed by atoms with van der Waals surface area (Å²) < 4.78 is 0. The van der Waals surface area contributed by atoms with Crippen LogP contribution < -0.4 is 5.32 Å². The largest absolute Gasteiger partial charge is 0.325 e. The molecule has 5 nitrogen and oxygen atoms in total. The van der Waals surface area contributed by atoms with Crippen LogP contribution in [0.5, 0.6) is 0 Å². The van der Waals surface area contributed by atoms with E-state index in [9.17, 15) is 9.59 Å². The Bertz CT molecular complexity index is 866. The van der Waals surface area contributed by atoms with E-state index in [0.717, 1.165) is 25.2 Å². The second-order valence-electron chi connectivity index (χ2n) is 8.15. The molecule has 2 aromatic carbocycles. The van der Waals surface area contributed by atoms with Crippen molar-refractivity contribution >= 4 is 11.9 Å². The van der Waals surface area contributed by atoms with Gasteiger partial charge in [-0.05, 0) is 37.8 Å². The minimum absolute atomic E-state index is 0.0759. The summed E-state index contributed by atoms with van der Waals surface area (Å²) in [5.74, 6) is -0.0759. The van der Waals surface area contributed by atoms with Crippen molar-refractivity contribution in [3.8, 4) is 0 Å². The van der Waals surface area contributed by atoms with Gasteiger partial charge in [-0.2, -0.15) is 0 Å². The summed E-state index contributed by atoms with van der Waals surface area (Å²) in [5.41, 5.74) is 3.95. The van der Waals surface area contributed by atoms with Gasteiger partial charge in [-0.3, -0.25) is 14.6 Å². The number of benzene rings is 2. The summed E-state index contributed by atoms with van der Waals surface area (Å²) in [4.78, 5) is 29.3. The van der Waals surface area contributed by atoms with Gasteiger partial charge in [0.15, 0.2) is 0 Å². The quantitative estimate of drug-likeness (QED) is 0.831. The van der Waals surface area contributed by atoms with Crippen LogP contribution in [0.15, 0.2) is 48.5 Å². The number of urea groups is 1. The maximum absolute atomic E-state index is 13.1. The predicted molar refractivity (Wildman–Crippen MR) is 109 cm³/mol. The fourth-order valence-electron chi connectivity index (χ4n) is 4.08. The van der Waals surface area contributed by atoms with Crippen molar-refractivity contribution in [2.75, 3.05) is 13.1 Å². The molecule has 0 unspecified atom stereocenters. The van der Waals surface area contributed by atoms with E-state index >= 15 is 0 Å². The first-order valence-electron chi connectivity index (χ1n) is 9.93. The Morgan fingerprint density at radius 2 is 1.32 bits per heavy atom. The molecule has 0 aromatic heterocycles. The number of hydrogen-bond donors (Lipinski definition) is 1. The Morgan fingerprint density at radius 3 is 1.86 bits per heavy atom. The normalized spacial score (nSPS) is 19.3. The van der Waals surface area contributed by atoms with Crippen LogP contribution in [0.2, 0.25) is 0 Å². The molecule has 0 bridgehead atoms. The second kappa shape index (κ2) is 7.40. The maximum atomic E-state index is 13.1. The summed E-state index contributed by atoms with van der Waals surface area (Å²) in [6.07, 6.45) is 1.32. The predicted octanol–water partition coefficient (Wildman–Crippen LogP) is 3.39. The number of rotatable bonds is 4. The highest BCUT2D eigenvalue weighted by Crippen LogP contribution is 2.31. The number of nitrogens with one attached hydrogen (secondary N) is 1. The molecule has 2 aliphatic heterocycles. The van der Waals surface area contributed by atoms with Gasteiger partial charge in [-0.25, -0.2) is 4.79 Å². The third-order valence-corrected chi connectivity index (χ3v) is 5.94. The number of piperidine rings is 1. The molecule has 5 heteroatoms. The van der Waals surface area contributed by atoms with Crippen molar-refractivity contribution in [2.45, 2.75) is 45.3 Å². The minimum atomic E-state index is -0.731.